The molecular formula is C17H19FN4OS. The zero-order valence-corrected chi connectivity index (χ0v) is 14.4. The van der Waals surface area contributed by atoms with Gasteiger partial charge in [0.2, 0.25) is 5.91 Å². The van der Waals surface area contributed by atoms with Crippen LogP contribution >= 0.6 is 11.3 Å². The van der Waals surface area contributed by atoms with Gasteiger partial charge in [-0.2, -0.15) is 0 Å². The van der Waals surface area contributed by atoms with E-state index in [0.717, 1.165) is 16.2 Å². The van der Waals surface area contributed by atoms with Crippen LogP contribution < -0.4 is 5.32 Å². The van der Waals surface area contributed by atoms with Gasteiger partial charge in [0.1, 0.15) is 5.82 Å². The molecule has 0 aliphatic rings. The number of thiazole rings is 1. The second-order valence-corrected chi connectivity index (χ2v) is 6.71. The Morgan fingerprint density at radius 1 is 1.46 bits per heavy atom. The predicted molar refractivity (Wildman–Crippen MR) is 92.6 cm³/mol. The molecular weight excluding hydrogens is 327 g/mol. The lowest BCUT2D eigenvalue weighted by molar-refractivity contribution is -0.120. The number of nitrogens with zero attached hydrogens (tertiary/aromatic N) is 3. The molecule has 0 radical (unpaired) electrons. The van der Waals surface area contributed by atoms with Gasteiger partial charge in [-0.3, -0.25) is 9.20 Å². The summed E-state index contributed by atoms with van der Waals surface area (Å²) in [5.74, 6) is -0.368. The zero-order valence-electron chi connectivity index (χ0n) is 13.6. The van der Waals surface area contributed by atoms with E-state index in [1.807, 2.05) is 47.2 Å². The fourth-order valence-corrected chi connectivity index (χ4v) is 3.33. The van der Waals surface area contributed by atoms with Gasteiger partial charge in [0.05, 0.1) is 18.2 Å². The normalized spacial score (nSPS) is 12.7. The van der Waals surface area contributed by atoms with E-state index in [2.05, 4.69) is 10.3 Å². The number of rotatable bonds is 6. The number of imidazole rings is 1. The van der Waals surface area contributed by atoms with Crippen LogP contribution in [-0.2, 0) is 11.2 Å². The van der Waals surface area contributed by atoms with E-state index in [4.69, 9.17) is 0 Å². The molecule has 1 N–H and O–H groups in total. The molecule has 126 valence electrons. The van der Waals surface area contributed by atoms with E-state index < -0.39 is 0 Å². The maximum absolute atomic E-state index is 13.4. The van der Waals surface area contributed by atoms with Crippen molar-refractivity contribution in [2.24, 2.45) is 0 Å². The Morgan fingerprint density at radius 3 is 3.00 bits per heavy atom. The van der Waals surface area contributed by atoms with Gasteiger partial charge >= 0.3 is 0 Å². The Morgan fingerprint density at radius 2 is 2.29 bits per heavy atom. The predicted octanol–water partition coefficient (Wildman–Crippen LogP) is 2.50. The molecule has 2 aromatic heterocycles. The minimum Gasteiger partial charge on any atom is -0.354 e. The number of hydrogen-bond acceptors (Lipinski definition) is 4. The Kier molecular flexibility index (Phi) is 4.92. The van der Waals surface area contributed by atoms with Crippen molar-refractivity contribution in [3.8, 4) is 0 Å². The lowest BCUT2D eigenvalue weighted by atomic mass is 10.1. The lowest BCUT2D eigenvalue weighted by Crippen LogP contribution is -2.35. The summed E-state index contributed by atoms with van der Waals surface area (Å²) >= 11 is 1.53. The van der Waals surface area contributed by atoms with Crippen molar-refractivity contribution in [2.45, 2.75) is 12.5 Å². The van der Waals surface area contributed by atoms with Gasteiger partial charge in [0, 0.05) is 24.3 Å². The Hall–Kier alpha value is -2.25. The number of benzene rings is 1. The van der Waals surface area contributed by atoms with Gasteiger partial charge in [-0.05, 0) is 31.8 Å². The van der Waals surface area contributed by atoms with Crippen LogP contribution in [0.15, 0.2) is 42.0 Å². The number of amides is 1. The summed E-state index contributed by atoms with van der Waals surface area (Å²) in [5.41, 5.74) is 1.58. The van der Waals surface area contributed by atoms with E-state index in [0.29, 0.717) is 6.54 Å². The average Bonchev–Trinajstić information content (AvgIpc) is 3.08. The van der Waals surface area contributed by atoms with Crippen molar-refractivity contribution in [3.05, 3.63) is 59.1 Å². The SMILES string of the molecule is CN(C)C(CNC(=O)Cc1cn2ccsc2n1)c1cccc(F)c1. The first-order valence-electron chi connectivity index (χ1n) is 7.62. The van der Waals surface area contributed by atoms with E-state index in [-0.39, 0.29) is 24.2 Å². The number of carbonyl (C=O) groups is 1. The summed E-state index contributed by atoms with van der Waals surface area (Å²) in [5, 5.41) is 4.87. The highest BCUT2D eigenvalue weighted by Gasteiger charge is 2.16. The first-order chi connectivity index (χ1) is 11.5. The van der Waals surface area contributed by atoms with Crippen molar-refractivity contribution in [2.75, 3.05) is 20.6 Å². The van der Waals surface area contributed by atoms with Crippen LogP contribution in [-0.4, -0.2) is 40.8 Å². The minimum atomic E-state index is -0.274. The Labute approximate surface area is 143 Å². The van der Waals surface area contributed by atoms with Crippen LogP contribution in [0.5, 0.6) is 0 Å². The molecule has 5 nitrogen and oxygen atoms in total. The van der Waals surface area contributed by atoms with Gasteiger partial charge < -0.3 is 10.2 Å². The topological polar surface area (TPSA) is 49.6 Å². The van der Waals surface area contributed by atoms with Crippen molar-refractivity contribution in [1.82, 2.24) is 19.6 Å². The average molecular weight is 346 g/mol. The number of hydrogen-bond donors (Lipinski definition) is 1. The highest BCUT2D eigenvalue weighted by Crippen LogP contribution is 2.18. The van der Waals surface area contributed by atoms with Crippen LogP contribution in [0.1, 0.15) is 17.3 Å². The summed E-state index contributed by atoms with van der Waals surface area (Å²) in [6.07, 6.45) is 4.01. The van der Waals surface area contributed by atoms with Crippen molar-refractivity contribution >= 4 is 22.2 Å². The molecule has 0 aliphatic heterocycles. The maximum Gasteiger partial charge on any atom is 0.226 e. The molecule has 1 atom stereocenters. The molecule has 1 aromatic carbocycles. The third-order valence-electron chi connectivity index (χ3n) is 3.83. The molecule has 0 aliphatic carbocycles. The van der Waals surface area contributed by atoms with Gasteiger partial charge in [0.15, 0.2) is 4.96 Å². The molecule has 0 spiro atoms. The van der Waals surface area contributed by atoms with E-state index in [1.165, 1.54) is 23.5 Å². The summed E-state index contributed by atoms with van der Waals surface area (Å²) in [4.78, 5) is 19.4. The van der Waals surface area contributed by atoms with E-state index in [9.17, 15) is 9.18 Å². The zero-order chi connectivity index (χ0) is 17.1. The molecule has 0 saturated heterocycles. The molecule has 0 fully saturated rings. The Balaban J connectivity index is 1.61. The third-order valence-corrected chi connectivity index (χ3v) is 4.60. The summed E-state index contributed by atoms with van der Waals surface area (Å²) in [6.45, 7) is 0.414. The van der Waals surface area contributed by atoms with E-state index >= 15 is 0 Å². The van der Waals surface area contributed by atoms with Crippen LogP contribution in [0, 0.1) is 5.82 Å². The smallest absolute Gasteiger partial charge is 0.226 e. The number of likely N-dealkylation sites (N-methyl/N-ethyl adjacent to an activating group) is 1. The largest absolute Gasteiger partial charge is 0.354 e. The van der Waals surface area contributed by atoms with Gasteiger partial charge in [-0.1, -0.05) is 12.1 Å². The quantitative estimate of drug-likeness (QED) is 0.746. The van der Waals surface area contributed by atoms with Gasteiger partial charge in [0.25, 0.3) is 0 Å². The van der Waals surface area contributed by atoms with Crippen molar-refractivity contribution in [1.29, 1.82) is 0 Å². The first-order valence-corrected chi connectivity index (χ1v) is 8.50. The summed E-state index contributed by atoms with van der Waals surface area (Å²) in [7, 11) is 3.82. The fourth-order valence-electron chi connectivity index (χ4n) is 2.61. The molecule has 3 rings (SSSR count). The number of aromatic nitrogens is 2. The monoisotopic (exact) mass is 346 g/mol. The molecule has 3 aromatic rings. The second-order valence-electron chi connectivity index (χ2n) is 5.84. The highest BCUT2D eigenvalue weighted by atomic mass is 32.1. The maximum atomic E-state index is 13.4. The lowest BCUT2D eigenvalue weighted by Gasteiger charge is -2.25. The molecule has 7 heteroatoms. The standard InChI is InChI=1S/C17H19FN4OS/c1-21(2)15(12-4-3-5-13(18)8-12)10-19-16(23)9-14-11-22-6-7-24-17(22)20-14/h3-8,11,15H,9-10H2,1-2H3,(H,19,23). The first kappa shape index (κ1) is 16.6. The van der Waals surface area contributed by atoms with Crippen molar-refractivity contribution < 1.29 is 9.18 Å². The third kappa shape index (κ3) is 3.80. The van der Waals surface area contributed by atoms with Crippen LogP contribution in [0.4, 0.5) is 4.39 Å². The van der Waals surface area contributed by atoms with Crippen LogP contribution in [0.2, 0.25) is 0 Å². The molecule has 1 unspecified atom stereocenters. The molecule has 2 heterocycles. The summed E-state index contributed by atoms with van der Waals surface area (Å²) < 4.78 is 15.3. The van der Waals surface area contributed by atoms with E-state index in [1.54, 1.807) is 6.07 Å². The number of nitrogens with one attached hydrogen (secondary N) is 1. The fraction of sp³-hybridized carbons (Fsp3) is 0.294. The highest BCUT2D eigenvalue weighted by molar-refractivity contribution is 7.15. The molecule has 0 bridgehead atoms. The Bertz CT molecular complexity index is 813. The number of carbonyl (C=O) groups excluding carboxylic acids is 1. The van der Waals surface area contributed by atoms with Crippen LogP contribution in [0.25, 0.3) is 4.96 Å². The molecule has 0 saturated carbocycles. The summed E-state index contributed by atoms with van der Waals surface area (Å²) in [6, 6.07) is 6.37. The number of halogens is 1. The van der Waals surface area contributed by atoms with Gasteiger partial charge in [-0.25, -0.2) is 9.37 Å². The second kappa shape index (κ2) is 7.11. The molecule has 1 amide bonds. The van der Waals surface area contributed by atoms with Crippen LogP contribution in [0.3, 0.4) is 0 Å². The van der Waals surface area contributed by atoms with Crippen molar-refractivity contribution in [3.63, 3.8) is 0 Å². The minimum absolute atomic E-state index is 0.0878. The number of fused-ring (bicyclic) bond motifs is 1. The molecule has 24 heavy (non-hydrogen) atoms. The van der Waals surface area contributed by atoms with Gasteiger partial charge in [-0.15, -0.1) is 11.3 Å².